The van der Waals surface area contributed by atoms with Gasteiger partial charge in [0.05, 0.1) is 35.6 Å². The fourth-order valence-electron chi connectivity index (χ4n) is 4.05. The summed E-state index contributed by atoms with van der Waals surface area (Å²) in [6.45, 7) is 3.92. The second-order valence-corrected chi connectivity index (χ2v) is 8.85. The second-order valence-electron chi connectivity index (χ2n) is 7.89. The third-order valence-electron chi connectivity index (χ3n) is 5.50. The largest absolute Gasteiger partial charge is 0.497 e. The Hall–Kier alpha value is -2.95. The lowest BCUT2D eigenvalue weighted by atomic mass is 9.85. The number of rotatable bonds is 5. The van der Waals surface area contributed by atoms with Crippen molar-refractivity contribution in [2.24, 2.45) is 0 Å². The van der Waals surface area contributed by atoms with E-state index in [1.807, 2.05) is 38.1 Å². The van der Waals surface area contributed by atoms with Gasteiger partial charge in [0.1, 0.15) is 11.5 Å². The van der Waals surface area contributed by atoms with Crippen molar-refractivity contribution in [2.45, 2.75) is 38.0 Å². The summed E-state index contributed by atoms with van der Waals surface area (Å²) in [6, 6.07) is 16.9. The molecule has 0 unspecified atom stereocenters. The van der Waals surface area contributed by atoms with Gasteiger partial charge in [-0.3, -0.25) is 9.69 Å². The molecule has 0 aliphatic carbocycles. The SMILES string of the molecule is COc1cccc([C@]2(O)CSC3=C(C#N)[C@@H](c4ccc(OC(C)C)cc4)CC(=O)N32)c1. The molecule has 7 heteroatoms. The van der Waals surface area contributed by atoms with Crippen molar-refractivity contribution in [2.75, 3.05) is 12.9 Å². The van der Waals surface area contributed by atoms with Gasteiger partial charge in [0.25, 0.3) is 0 Å². The molecule has 31 heavy (non-hydrogen) atoms. The van der Waals surface area contributed by atoms with E-state index in [1.54, 1.807) is 31.4 Å². The second kappa shape index (κ2) is 8.29. The molecule has 1 N–H and O–H groups in total. The number of ether oxygens (including phenoxy) is 2. The molecule has 2 aliphatic rings. The topological polar surface area (TPSA) is 82.8 Å². The van der Waals surface area contributed by atoms with Crippen LogP contribution in [0.15, 0.2) is 59.1 Å². The van der Waals surface area contributed by atoms with Crippen molar-refractivity contribution in [3.63, 3.8) is 0 Å². The molecule has 6 nitrogen and oxygen atoms in total. The molecule has 2 aromatic carbocycles. The molecule has 0 bridgehead atoms. The molecule has 4 rings (SSSR count). The van der Waals surface area contributed by atoms with E-state index >= 15 is 0 Å². The lowest BCUT2D eigenvalue weighted by Gasteiger charge is -2.38. The summed E-state index contributed by atoms with van der Waals surface area (Å²) in [5.41, 5.74) is 0.424. The van der Waals surface area contributed by atoms with E-state index in [9.17, 15) is 15.2 Å². The van der Waals surface area contributed by atoms with Crippen LogP contribution >= 0.6 is 11.8 Å². The first kappa shape index (κ1) is 21.3. The average molecular weight is 437 g/mol. The molecule has 160 valence electrons. The third kappa shape index (κ3) is 3.78. The number of thioether (sulfide) groups is 1. The van der Waals surface area contributed by atoms with Crippen LogP contribution in [0.2, 0.25) is 0 Å². The van der Waals surface area contributed by atoms with Gasteiger partial charge in [0.15, 0.2) is 5.72 Å². The van der Waals surface area contributed by atoms with Crippen LogP contribution in [0.1, 0.15) is 37.3 Å². The van der Waals surface area contributed by atoms with Crippen LogP contribution in [0.4, 0.5) is 0 Å². The van der Waals surface area contributed by atoms with Crippen molar-refractivity contribution >= 4 is 17.7 Å². The van der Waals surface area contributed by atoms with Gasteiger partial charge in [0, 0.05) is 17.9 Å². The number of fused-ring (bicyclic) bond motifs is 1. The minimum atomic E-state index is -1.52. The molecule has 2 aromatic rings. The van der Waals surface area contributed by atoms with Gasteiger partial charge in [-0.25, -0.2) is 0 Å². The maximum atomic E-state index is 13.2. The number of aliphatic hydroxyl groups is 1. The van der Waals surface area contributed by atoms with E-state index in [1.165, 1.54) is 16.7 Å². The van der Waals surface area contributed by atoms with Crippen LogP contribution < -0.4 is 9.47 Å². The minimum Gasteiger partial charge on any atom is -0.497 e. The molecule has 1 saturated heterocycles. The number of amides is 1. The first-order chi connectivity index (χ1) is 14.9. The summed E-state index contributed by atoms with van der Waals surface area (Å²) < 4.78 is 11.0. The highest BCUT2D eigenvalue weighted by Gasteiger charge is 2.51. The number of carbonyl (C=O) groups excluding carboxylic acids is 1. The summed E-state index contributed by atoms with van der Waals surface area (Å²) in [5, 5.41) is 22.0. The Morgan fingerprint density at radius 3 is 2.61 bits per heavy atom. The number of methoxy groups -OCH3 is 1. The maximum Gasteiger partial charge on any atom is 0.231 e. The lowest BCUT2D eigenvalue weighted by molar-refractivity contribution is -0.149. The van der Waals surface area contributed by atoms with Crippen LogP contribution in [0, 0.1) is 11.3 Å². The molecular formula is C24H24N2O4S. The van der Waals surface area contributed by atoms with Crippen LogP contribution in [0.3, 0.4) is 0 Å². The number of benzene rings is 2. The monoisotopic (exact) mass is 436 g/mol. The highest BCUT2D eigenvalue weighted by molar-refractivity contribution is 8.03. The zero-order valence-electron chi connectivity index (χ0n) is 17.7. The molecular weight excluding hydrogens is 412 g/mol. The van der Waals surface area contributed by atoms with Crippen molar-refractivity contribution in [1.29, 1.82) is 5.26 Å². The Kier molecular flexibility index (Phi) is 5.69. The Balaban J connectivity index is 1.71. The van der Waals surface area contributed by atoms with Gasteiger partial charge in [-0.2, -0.15) is 5.26 Å². The van der Waals surface area contributed by atoms with E-state index in [2.05, 4.69) is 6.07 Å². The maximum absolute atomic E-state index is 13.2. The van der Waals surface area contributed by atoms with Crippen molar-refractivity contribution in [3.05, 3.63) is 70.3 Å². The van der Waals surface area contributed by atoms with Gasteiger partial charge in [-0.15, -0.1) is 11.8 Å². The Morgan fingerprint density at radius 1 is 1.23 bits per heavy atom. The molecule has 2 aliphatic heterocycles. The third-order valence-corrected chi connectivity index (χ3v) is 6.72. The number of allylic oxidation sites excluding steroid dienone is 1. The lowest BCUT2D eigenvalue weighted by Crippen LogP contribution is -2.48. The summed E-state index contributed by atoms with van der Waals surface area (Å²) in [6.07, 6.45) is 0.181. The molecule has 2 atom stereocenters. The number of hydrogen-bond donors (Lipinski definition) is 1. The first-order valence-electron chi connectivity index (χ1n) is 10.1. The molecule has 1 amide bonds. The van der Waals surface area contributed by atoms with Gasteiger partial charge in [-0.1, -0.05) is 24.3 Å². The highest BCUT2D eigenvalue weighted by atomic mass is 32.2. The average Bonchev–Trinajstić information content (AvgIpc) is 3.13. The van der Waals surface area contributed by atoms with Crippen LogP contribution in [0.5, 0.6) is 11.5 Å². The van der Waals surface area contributed by atoms with Crippen molar-refractivity contribution < 1.29 is 19.4 Å². The molecule has 2 heterocycles. The smallest absolute Gasteiger partial charge is 0.231 e. The Bertz CT molecular complexity index is 1070. The van der Waals surface area contributed by atoms with E-state index in [-0.39, 0.29) is 30.1 Å². The number of hydrogen-bond acceptors (Lipinski definition) is 6. The Morgan fingerprint density at radius 2 is 1.97 bits per heavy atom. The zero-order chi connectivity index (χ0) is 22.2. The fourth-order valence-corrected chi connectivity index (χ4v) is 5.41. The predicted molar refractivity (Wildman–Crippen MR) is 118 cm³/mol. The molecule has 0 saturated carbocycles. The van der Waals surface area contributed by atoms with Crippen LogP contribution in [-0.2, 0) is 10.5 Å². The quantitative estimate of drug-likeness (QED) is 0.759. The number of carbonyl (C=O) groups is 1. The van der Waals surface area contributed by atoms with E-state index in [0.29, 0.717) is 21.9 Å². The summed E-state index contributed by atoms with van der Waals surface area (Å²) in [7, 11) is 1.56. The van der Waals surface area contributed by atoms with E-state index in [4.69, 9.17) is 9.47 Å². The summed E-state index contributed by atoms with van der Waals surface area (Å²) in [5.74, 6) is 1.03. The number of nitrogens with zero attached hydrogens (tertiary/aromatic N) is 2. The summed E-state index contributed by atoms with van der Waals surface area (Å²) >= 11 is 1.33. The normalized spacial score (nSPS) is 23.0. The van der Waals surface area contributed by atoms with Crippen LogP contribution in [-0.4, -0.2) is 34.9 Å². The number of nitriles is 1. The minimum absolute atomic E-state index is 0.0663. The molecule has 0 aromatic heterocycles. The van der Waals surface area contributed by atoms with Crippen LogP contribution in [0.25, 0.3) is 0 Å². The fraction of sp³-hybridized carbons (Fsp3) is 0.333. The molecule has 1 fully saturated rings. The van der Waals surface area contributed by atoms with Gasteiger partial charge in [-0.05, 0) is 43.7 Å². The Labute approximate surface area is 186 Å². The zero-order valence-corrected chi connectivity index (χ0v) is 18.5. The predicted octanol–water partition coefficient (Wildman–Crippen LogP) is 4.13. The van der Waals surface area contributed by atoms with E-state index in [0.717, 1.165) is 11.3 Å². The highest BCUT2D eigenvalue weighted by Crippen LogP contribution is 2.52. The van der Waals surface area contributed by atoms with Gasteiger partial charge >= 0.3 is 0 Å². The first-order valence-corrected chi connectivity index (χ1v) is 11.1. The molecule has 0 spiro atoms. The molecule has 0 radical (unpaired) electrons. The van der Waals surface area contributed by atoms with Crippen molar-refractivity contribution in [3.8, 4) is 17.6 Å². The van der Waals surface area contributed by atoms with Gasteiger partial charge in [0.2, 0.25) is 5.91 Å². The van der Waals surface area contributed by atoms with E-state index < -0.39 is 5.72 Å². The standard InChI is InChI=1S/C24H24N2O4S/c1-15(2)30-18-9-7-16(8-10-18)20-12-22(27)26-23(21(20)13-25)31-14-24(26,28)17-5-4-6-19(11-17)29-3/h4-11,15,20,28H,12,14H2,1-3H3/t20-,24-/m1/s1. The summed E-state index contributed by atoms with van der Waals surface area (Å²) in [4.78, 5) is 14.6. The van der Waals surface area contributed by atoms with Gasteiger partial charge < -0.3 is 14.6 Å². The van der Waals surface area contributed by atoms with Crippen molar-refractivity contribution in [1.82, 2.24) is 4.90 Å².